The summed E-state index contributed by atoms with van der Waals surface area (Å²) in [6, 6.07) is 11.1. The number of anilines is 1. The van der Waals surface area contributed by atoms with Crippen molar-refractivity contribution in [2.45, 2.75) is 18.3 Å². The van der Waals surface area contributed by atoms with Crippen LogP contribution in [0, 0.1) is 0 Å². The summed E-state index contributed by atoms with van der Waals surface area (Å²) in [5, 5.41) is 3.64. The van der Waals surface area contributed by atoms with Gasteiger partial charge in [-0.1, -0.05) is 23.7 Å². The van der Waals surface area contributed by atoms with Gasteiger partial charge in [0.05, 0.1) is 17.3 Å². The zero-order chi connectivity index (χ0) is 17.9. The third kappa shape index (κ3) is 4.30. The molecule has 25 heavy (non-hydrogen) atoms. The van der Waals surface area contributed by atoms with E-state index >= 15 is 0 Å². The molecule has 2 aromatic rings. The number of carbonyl (C=O) groups excluding carboxylic acids is 1. The Kier molecular flexibility index (Phi) is 5.25. The first kappa shape index (κ1) is 17.7. The summed E-state index contributed by atoms with van der Waals surface area (Å²) in [6.45, 7) is 1.40. The Morgan fingerprint density at radius 1 is 1.24 bits per heavy atom. The van der Waals surface area contributed by atoms with Crippen molar-refractivity contribution in [1.29, 1.82) is 0 Å². The van der Waals surface area contributed by atoms with Gasteiger partial charge in [-0.3, -0.25) is 4.79 Å². The van der Waals surface area contributed by atoms with Crippen molar-refractivity contribution in [3.05, 3.63) is 53.2 Å². The number of amides is 1. The SMILES string of the molecule is CN(C)CCOc1ccc(NC(=O)C2(c3ccc(Cl)cc3)CC2)cn1. The Morgan fingerprint density at radius 2 is 1.96 bits per heavy atom. The number of carbonyl (C=O) groups is 1. The number of ether oxygens (including phenoxy) is 1. The maximum atomic E-state index is 12.7. The lowest BCUT2D eigenvalue weighted by atomic mass is 9.95. The molecule has 1 aromatic carbocycles. The molecular formula is C19H22ClN3O2. The topological polar surface area (TPSA) is 54.5 Å². The van der Waals surface area contributed by atoms with Gasteiger partial charge in [0.25, 0.3) is 0 Å². The second kappa shape index (κ2) is 7.42. The van der Waals surface area contributed by atoms with Crippen LogP contribution in [0.3, 0.4) is 0 Å². The second-order valence-corrected chi connectivity index (χ2v) is 7.02. The third-order valence-electron chi connectivity index (χ3n) is 4.36. The zero-order valence-electron chi connectivity index (χ0n) is 14.5. The summed E-state index contributed by atoms with van der Waals surface area (Å²) in [4.78, 5) is 19.0. The van der Waals surface area contributed by atoms with E-state index in [0.29, 0.717) is 23.2 Å². The molecule has 1 aliphatic carbocycles. The molecule has 1 aromatic heterocycles. The van der Waals surface area contributed by atoms with Crippen molar-refractivity contribution in [3.63, 3.8) is 0 Å². The molecule has 1 saturated carbocycles. The quantitative estimate of drug-likeness (QED) is 0.823. The Morgan fingerprint density at radius 3 is 2.52 bits per heavy atom. The number of rotatable bonds is 7. The molecule has 1 aliphatic rings. The predicted molar refractivity (Wildman–Crippen MR) is 99.3 cm³/mol. The molecular weight excluding hydrogens is 338 g/mol. The molecule has 1 N–H and O–H groups in total. The first-order chi connectivity index (χ1) is 12.0. The third-order valence-corrected chi connectivity index (χ3v) is 4.62. The van der Waals surface area contributed by atoms with Gasteiger partial charge in [-0.25, -0.2) is 4.98 Å². The highest BCUT2D eigenvalue weighted by Crippen LogP contribution is 2.49. The number of hydrogen-bond acceptors (Lipinski definition) is 4. The fourth-order valence-electron chi connectivity index (χ4n) is 2.66. The van der Waals surface area contributed by atoms with Gasteiger partial charge in [-0.2, -0.15) is 0 Å². The van der Waals surface area contributed by atoms with Crippen molar-refractivity contribution >= 4 is 23.2 Å². The highest BCUT2D eigenvalue weighted by molar-refractivity contribution is 6.30. The maximum absolute atomic E-state index is 12.7. The number of hydrogen-bond donors (Lipinski definition) is 1. The fourth-order valence-corrected chi connectivity index (χ4v) is 2.79. The molecule has 0 atom stereocenters. The average Bonchev–Trinajstić information content (AvgIpc) is 3.39. The second-order valence-electron chi connectivity index (χ2n) is 6.58. The van der Waals surface area contributed by atoms with Crippen molar-refractivity contribution in [2.24, 2.45) is 0 Å². The average molecular weight is 360 g/mol. The summed E-state index contributed by atoms with van der Waals surface area (Å²) in [5.74, 6) is 0.552. The number of nitrogens with one attached hydrogen (secondary N) is 1. The number of benzene rings is 1. The van der Waals surface area contributed by atoms with E-state index in [2.05, 4.69) is 10.3 Å². The van der Waals surface area contributed by atoms with Gasteiger partial charge in [-0.15, -0.1) is 0 Å². The number of likely N-dealkylation sites (N-methyl/N-ethyl adjacent to an activating group) is 1. The van der Waals surface area contributed by atoms with Crippen molar-refractivity contribution in [1.82, 2.24) is 9.88 Å². The van der Waals surface area contributed by atoms with Crippen LogP contribution in [0.4, 0.5) is 5.69 Å². The van der Waals surface area contributed by atoms with Crippen LogP contribution < -0.4 is 10.1 Å². The van der Waals surface area contributed by atoms with Gasteiger partial charge in [0.1, 0.15) is 6.61 Å². The van der Waals surface area contributed by atoms with Crippen LogP contribution in [-0.2, 0) is 10.2 Å². The molecule has 1 heterocycles. The van der Waals surface area contributed by atoms with Gasteiger partial charge in [-0.05, 0) is 50.7 Å². The molecule has 3 rings (SSSR count). The minimum atomic E-state index is -0.439. The summed E-state index contributed by atoms with van der Waals surface area (Å²) in [7, 11) is 3.98. The van der Waals surface area contributed by atoms with E-state index < -0.39 is 5.41 Å². The Bertz CT molecular complexity index is 725. The van der Waals surface area contributed by atoms with Gasteiger partial charge < -0.3 is 15.0 Å². The van der Waals surface area contributed by atoms with E-state index in [9.17, 15) is 4.79 Å². The first-order valence-electron chi connectivity index (χ1n) is 8.31. The summed E-state index contributed by atoms with van der Waals surface area (Å²) >= 11 is 5.94. The molecule has 1 amide bonds. The number of aromatic nitrogens is 1. The first-order valence-corrected chi connectivity index (χ1v) is 8.68. The molecule has 5 nitrogen and oxygen atoms in total. The van der Waals surface area contributed by atoms with Crippen LogP contribution in [-0.4, -0.2) is 43.0 Å². The number of pyridine rings is 1. The largest absolute Gasteiger partial charge is 0.476 e. The summed E-state index contributed by atoms with van der Waals surface area (Å²) in [5.41, 5.74) is 1.24. The molecule has 0 saturated heterocycles. The molecule has 0 unspecified atom stereocenters. The molecule has 0 radical (unpaired) electrons. The Balaban J connectivity index is 1.60. The Hall–Kier alpha value is -2.11. The van der Waals surface area contributed by atoms with Crippen LogP contribution >= 0.6 is 11.6 Å². The summed E-state index contributed by atoms with van der Waals surface area (Å²) < 4.78 is 5.56. The molecule has 0 bridgehead atoms. The van der Waals surface area contributed by atoms with Crippen LogP contribution in [0.5, 0.6) is 5.88 Å². The van der Waals surface area contributed by atoms with Crippen molar-refractivity contribution in [3.8, 4) is 5.88 Å². The number of halogens is 1. The highest BCUT2D eigenvalue weighted by atomic mass is 35.5. The zero-order valence-corrected chi connectivity index (χ0v) is 15.2. The van der Waals surface area contributed by atoms with E-state index in [1.54, 1.807) is 12.3 Å². The minimum Gasteiger partial charge on any atom is -0.476 e. The highest BCUT2D eigenvalue weighted by Gasteiger charge is 2.51. The van der Waals surface area contributed by atoms with Crippen LogP contribution in [0.15, 0.2) is 42.6 Å². The Labute approximate surface area is 153 Å². The molecule has 0 spiro atoms. The lowest BCUT2D eigenvalue weighted by Gasteiger charge is -2.16. The smallest absolute Gasteiger partial charge is 0.235 e. The standard InChI is InChI=1S/C19H22ClN3O2/c1-23(2)11-12-25-17-8-7-16(13-21-17)22-18(24)19(9-10-19)14-3-5-15(20)6-4-14/h3-8,13H,9-12H2,1-2H3,(H,22,24). The van der Waals surface area contributed by atoms with Crippen LogP contribution in [0.1, 0.15) is 18.4 Å². The number of nitrogens with zero attached hydrogens (tertiary/aromatic N) is 2. The van der Waals surface area contributed by atoms with E-state index in [4.69, 9.17) is 16.3 Å². The molecule has 1 fully saturated rings. The summed E-state index contributed by atoms with van der Waals surface area (Å²) in [6.07, 6.45) is 3.32. The lowest BCUT2D eigenvalue weighted by Crippen LogP contribution is -2.27. The van der Waals surface area contributed by atoms with E-state index in [1.165, 1.54) is 0 Å². The van der Waals surface area contributed by atoms with Crippen molar-refractivity contribution < 1.29 is 9.53 Å². The monoisotopic (exact) mass is 359 g/mol. The fraction of sp³-hybridized carbons (Fsp3) is 0.368. The normalized spacial score (nSPS) is 15.0. The minimum absolute atomic E-state index is 0.00195. The van der Waals surface area contributed by atoms with Crippen LogP contribution in [0.25, 0.3) is 0 Å². The van der Waals surface area contributed by atoms with Gasteiger partial charge in [0.15, 0.2) is 0 Å². The predicted octanol–water partition coefficient (Wildman–Crippen LogP) is 3.35. The van der Waals surface area contributed by atoms with Gasteiger partial charge in [0, 0.05) is 17.6 Å². The van der Waals surface area contributed by atoms with E-state index in [1.807, 2.05) is 49.3 Å². The molecule has 132 valence electrons. The van der Waals surface area contributed by atoms with Crippen LogP contribution in [0.2, 0.25) is 5.02 Å². The van der Waals surface area contributed by atoms with Gasteiger partial charge in [0.2, 0.25) is 11.8 Å². The van der Waals surface area contributed by atoms with Crippen molar-refractivity contribution in [2.75, 3.05) is 32.6 Å². The van der Waals surface area contributed by atoms with E-state index in [0.717, 1.165) is 24.9 Å². The maximum Gasteiger partial charge on any atom is 0.235 e. The lowest BCUT2D eigenvalue weighted by molar-refractivity contribution is -0.118. The molecule has 0 aliphatic heterocycles. The van der Waals surface area contributed by atoms with E-state index in [-0.39, 0.29) is 5.91 Å². The van der Waals surface area contributed by atoms with Gasteiger partial charge >= 0.3 is 0 Å². The molecule has 6 heteroatoms.